The van der Waals surface area contributed by atoms with E-state index >= 15 is 0 Å². The summed E-state index contributed by atoms with van der Waals surface area (Å²) in [4.78, 5) is 19.7. The first-order valence-corrected chi connectivity index (χ1v) is 3.82. The van der Waals surface area contributed by atoms with E-state index in [9.17, 15) is 14.9 Å². The van der Waals surface area contributed by atoms with Gasteiger partial charge in [-0.05, 0) is 12.0 Å². The predicted octanol–water partition coefficient (Wildman–Crippen LogP) is 1.64. The third-order valence-electron chi connectivity index (χ3n) is 1.66. The molecular weight excluding hydrogens is 170 g/mol. The zero-order valence-electron chi connectivity index (χ0n) is 6.90. The molecular formula is C9H8NO3. The largest absolute Gasteiger partial charge is 0.291 e. The smallest absolute Gasteiger partial charge is 0.269 e. The summed E-state index contributed by atoms with van der Waals surface area (Å²) in [6.07, 6.45) is 2.69. The van der Waals surface area contributed by atoms with Gasteiger partial charge in [-0.25, -0.2) is 0 Å². The van der Waals surface area contributed by atoms with Crippen molar-refractivity contribution >= 4 is 12.0 Å². The fourth-order valence-corrected chi connectivity index (χ4v) is 0.980. The minimum Gasteiger partial charge on any atom is -0.291 e. The van der Waals surface area contributed by atoms with Crippen LogP contribution in [0.15, 0.2) is 24.3 Å². The first-order chi connectivity index (χ1) is 6.24. The van der Waals surface area contributed by atoms with Crippen LogP contribution in [-0.4, -0.2) is 11.2 Å². The Kier molecular flexibility index (Phi) is 3.14. The zero-order valence-corrected chi connectivity index (χ0v) is 6.90. The highest BCUT2D eigenvalue weighted by Gasteiger charge is 2.02. The van der Waals surface area contributed by atoms with Gasteiger partial charge in [0.2, 0.25) is 0 Å². The number of nitrogens with zero attached hydrogens (tertiary/aromatic N) is 1. The molecule has 1 aromatic rings. The summed E-state index contributed by atoms with van der Waals surface area (Å²) in [6, 6.07) is 6.16. The quantitative estimate of drug-likeness (QED) is 0.520. The van der Waals surface area contributed by atoms with Crippen LogP contribution >= 0.6 is 0 Å². The number of aryl methyl sites for hydroxylation is 1. The Morgan fingerprint density at radius 3 is 2.38 bits per heavy atom. The third kappa shape index (κ3) is 2.66. The number of hydrogen-bond donors (Lipinski definition) is 0. The van der Waals surface area contributed by atoms with Gasteiger partial charge in [0.15, 0.2) is 6.29 Å². The number of hydrogen-bond acceptors (Lipinski definition) is 3. The first-order valence-electron chi connectivity index (χ1n) is 3.82. The van der Waals surface area contributed by atoms with E-state index in [4.69, 9.17) is 0 Å². The van der Waals surface area contributed by atoms with Gasteiger partial charge < -0.3 is 0 Å². The minimum atomic E-state index is -0.449. The molecule has 4 heteroatoms. The molecule has 0 spiro atoms. The number of nitro benzene ring substituents is 1. The molecule has 13 heavy (non-hydrogen) atoms. The van der Waals surface area contributed by atoms with E-state index < -0.39 is 4.92 Å². The molecule has 0 aliphatic carbocycles. The van der Waals surface area contributed by atoms with Gasteiger partial charge in [0.25, 0.3) is 5.69 Å². The summed E-state index contributed by atoms with van der Waals surface area (Å²) < 4.78 is 0. The molecule has 0 atom stereocenters. The van der Waals surface area contributed by atoms with Crippen LogP contribution in [0.5, 0.6) is 0 Å². The lowest BCUT2D eigenvalue weighted by Gasteiger charge is -1.95. The third-order valence-corrected chi connectivity index (χ3v) is 1.66. The van der Waals surface area contributed by atoms with Crippen molar-refractivity contribution < 1.29 is 9.72 Å². The van der Waals surface area contributed by atoms with E-state index in [1.54, 1.807) is 18.4 Å². The minimum absolute atomic E-state index is 0.0684. The maximum absolute atomic E-state index is 10.3. The topological polar surface area (TPSA) is 60.2 Å². The van der Waals surface area contributed by atoms with Crippen LogP contribution in [0.4, 0.5) is 5.69 Å². The van der Waals surface area contributed by atoms with Gasteiger partial charge in [-0.3, -0.25) is 14.9 Å². The highest BCUT2D eigenvalue weighted by atomic mass is 16.6. The molecule has 4 nitrogen and oxygen atoms in total. The molecule has 0 aromatic heterocycles. The van der Waals surface area contributed by atoms with Crippen molar-refractivity contribution in [2.45, 2.75) is 12.8 Å². The van der Waals surface area contributed by atoms with Gasteiger partial charge in [-0.1, -0.05) is 12.1 Å². The molecule has 0 fully saturated rings. The van der Waals surface area contributed by atoms with Crippen LogP contribution in [0.1, 0.15) is 12.0 Å². The SMILES string of the molecule is O=[C]CCc1ccc([N+](=O)[O-])cc1. The number of rotatable bonds is 4. The fraction of sp³-hybridized carbons (Fsp3) is 0.222. The van der Waals surface area contributed by atoms with Crippen molar-refractivity contribution in [1.29, 1.82) is 0 Å². The van der Waals surface area contributed by atoms with Crippen molar-refractivity contribution in [1.82, 2.24) is 0 Å². The molecule has 0 saturated carbocycles. The second-order valence-corrected chi connectivity index (χ2v) is 2.57. The van der Waals surface area contributed by atoms with E-state index in [0.717, 1.165) is 5.56 Å². The van der Waals surface area contributed by atoms with Gasteiger partial charge >= 0.3 is 0 Å². The molecule has 0 N–H and O–H groups in total. The second kappa shape index (κ2) is 4.35. The normalized spacial score (nSPS) is 9.54. The number of benzene rings is 1. The Balaban J connectivity index is 2.69. The average molecular weight is 178 g/mol. The molecule has 0 heterocycles. The average Bonchev–Trinajstić information content (AvgIpc) is 2.15. The summed E-state index contributed by atoms with van der Waals surface area (Å²) >= 11 is 0. The van der Waals surface area contributed by atoms with E-state index in [1.165, 1.54) is 12.1 Å². The standard InChI is InChI=1S/C9H8NO3/c11-7-1-2-8-3-5-9(6-4-8)10(12)13/h3-6H,1-2H2. The van der Waals surface area contributed by atoms with Crippen molar-refractivity contribution in [2.75, 3.05) is 0 Å². The van der Waals surface area contributed by atoms with Crippen LogP contribution in [0.3, 0.4) is 0 Å². The Morgan fingerprint density at radius 2 is 1.92 bits per heavy atom. The summed E-state index contributed by atoms with van der Waals surface area (Å²) in [7, 11) is 0. The van der Waals surface area contributed by atoms with Crippen molar-refractivity contribution in [3.8, 4) is 0 Å². The van der Waals surface area contributed by atoms with Crippen molar-refractivity contribution in [2.24, 2.45) is 0 Å². The summed E-state index contributed by atoms with van der Waals surface area (Å²) in [5, 5.41) is 10.3. The Hall–Kier alpha value is -1.71. The lowest BCUT2D eigenvalue weighted by molar-refractivity contribution is -0.384. The van der Waals surface area contributed by atoms with Crippen molar-refractivity contribution in [3.05, 3.63) is 39.9 Å². The highest BCUT2D eigenvalue weighted by molar-refractivity contribution is 5.51. The molecule has 0 saturated heterocycles. The molecule has 67 valence electrons. The fourth-order valence-electron chi connectivity index (χ4n) is 0.980. The second-order valence-electron chi connectivity index (χ2n) is 2.57. The number of non-ortho nitro benzene ring substituents is 1. The molecule has 0 aliphatic rings. The van der Waals surface area contributed by atoms with Crippen LogP contribution in [-0.2, 0) is 11.2 Å². The maximum atomic E-state index is 10.3. The van der Waals surface area contributed by atoms with E-state index in [0.29, 0.717) is 12.8 Å². The van der Waals surface area contributed by atoms with Crippen LogP contribution in [0, 0.1) is 10.1 Å². The van der Waals surface area contributed by atoms with Gasteiger partial charge in [0.05, 0.1) is 4.92 Å². The van der Waals surface area contributed by atoms with E-state index in [2.05, 4.69) is 0 Å². The van der Waals surface area contributed by atoms with E-state index in [1.807, 2.05) is 0 Å². The molecule has 0 amide bonds. The number of carbonyl (C=O) groups excluding carboxylic acids is 1. The van der Waals surface area contributed by atoms with Gasteiger partial charge in [-0.2, -0.15) is 0 Å². The summed E-state index contributed by atoms with van der Waals surface area (Å²) in [5.74, 6) is 0. The maximum Gasteiger partial charge on any atom is 0.269 e. The Morgan fingerprint density at radius 1 is 1.31 bits per heavy atom. The van der Waals surface area contributed by atoms with Crippen LogP contribution < -0.4 is 0 Å². The molecule has 1 radical (unpaired) electrons. The molecule has 0 bridgehead atoms. The lowest BCUT2D eigenvalue weighted by atomic mass is 10.1. The monoisotopic (exact) mass is 178 g/mol. The van der Waals surface area contributed by atoms with Crippen molar-refractivity contribution in [3.63, 3.8) is 0 Å². The van der Waals surface area contributed by atoms with Gasteiger partial charge in [0, 0.05) is 18.6 Å². The van der Waals surface area contributed by atoms with E-state index in [-0.39, 0.29) is 5.69 Å². The Bertz CT molecular complexity index is 305. The lowest BCUT2D eigenvalue weighted by Crippen LogP contribution is -1.89. The first kappa shape index (κ1) is 9.38. The molecule has 1 aromatic carbocycles. The zero-order chi connectivity index (χ0) is 9.68. The predicted molar refractivity (Wildman–Crippen MR) is 47.1 cm³/mol. The van der Waals surface area contributed by atoms with Gasteiger partial charge in [0.1, 0.15) is 0 Å². The Labute approximate surface area is 75.3 Å². The molecule has 1 rings (SSSR count). The molecule has 0 aliphatic heterocycles. The van der Waals surface area contributed by atoms with Gasteiger partial charge in [-0.15, -0.1) is 0 Å². The summed E-state index contributed by atoms with van der Waals surface area (Å²) in [6.45, 7) is 0. The van der Waals surface area contributed by atoms with Crippen LogP contribution in [0.25, 0.3) is 0 Å². The summed E-state index contributed by atoms with van der Waals surface area (Å²) in [5.41, 5.74) is 0.979. The van der Waals surface area contributed by atoms with Crippen LogP contribution in [0.2, 0.25) is 0 Å². The highest BCUT2D eigenvalue weighted by Crippen LogP contribution is 2.12. The molecule has 0 unspecified atom stereocenters. The number of nitro groups is 1.